The Morgan fingerprint density at radius 1 is 0.895 bits per heavy atom. The first kappa shape index (κ1) is 12.4. The van der Waals surface area contributed by atoms with Gasteiger partial charge in [-0.3, -0.25) is 0 Å². The quantitative estimate of drug-likeness (QED) is 0.606. The fourth-order valence-electron chi connectivity index (χ4n) is 1.85. The van der Waals surface area contributed by atoms with Crippen molar-refractivity contribution >= 4 is 22.6 Å². The molecule has 0 aliphatic rings. The molecule has 0 aliphatic heterocycles. The number of aromatic nitrogens is 1. The van der Waals surface area contributed by atoms with Gasteiger partial charge in [-0.25, -0.2) is 4.98 Å². The minimum absolute atomic E-state index is 0.661. The molecule has 0 atom stereocenters. The standard InChI is InChI=1S/C16H12INO/c1-11-2-4-13(5-3-11)16-18-10-15(19-16)12-6-8-14(17)9-7-12/h2-10H,1H3. The zero-order chi connectivity index (χ0) is 13.2. The molecule has 19 heavy (non-hydrogen) atoms. The first-order valence-electron chi connectivity index (χ1n) is 6.01. The van der Waals surface area contributed by atoms with Gasteiger partial charge in [0.1, 0.15) is 0 Å². The molecular weight excluding hydrogens is 349 g/mol. The Kier molecular flexibility index (Phi) is 3.38. The van der Waals surface area contributed by atoms with E-state index in [1.54, 1.807) is 6.20 Å². The zero-order valence-electron chi connectivity index (χ0n) is 10.4. The van der Waals surface area contributed by atoms with Gasteiger partial charge in [0.2, 0.25) is 5.89 Å². The highest BCUT2D eigenvalue weighted by atomic mass is 127. The van der Waals surface area contributed by atoms with Crippen molar-refractivity contribution < 1.29 is 4.42 Å². The van der Waals surface area contributed by atoms with E-state index in [1.807, 2.05) is 24.3 Å². The van der Waals surface area contributed by atoms with Crippen LogP contribution in [0.4, 0.5) is 0 Å². The zero-order valence-corrected chi connectivity index (χ0v) is 12.6. The summed E-state index contributed by atoms with van der Waals surface area (Å²) in [6, 6.07) is 16.4. The number of nitrogens with zero attached hydrogens (tertiary/aromatic N) is 1. The molecule has 0 fully saturated rings. The maximum absolute atomic E-state index is 5.82. The third-order valence-corrected chi connectivity index (χ3v) is 3.65. The van der Waals surface area contributed by atoms with Crippen molar-refractivity contribution in [2.45, 2.75) is 6.92 Å². The van der Waals surface area contributed by atoms with Crippen LogP contribution in [-0.2, 0) is 0 Å². The molecule has 0 aliphatic carbocycles. The Hall–Kier alpha value is -1.62. The third kappa shape index (κ3) is 2.71. The van der Waals surface area contributed by atoms with Crippen LogP contribution >= 0.6 is 22.6 Å². The molecule has 0 saturated heterocycles. The topological polar surface area (TPSA) is 26.0 Å². The summed E-state index contributed by atoms with van der Waals surface area (Å²) in [6.07, 6.45) is 1.78. The predicted molar refractivity (Wildman–Crippen MR) is 84.8 cm³/mol. The molecule has 0 N–H and O–H groups in total. The smallest absolute Gasteiger partial charge is 0.226 e. The molecule has 2 nitrogen and oxygen atoms in total. The molecule has 94 valence electrons. The van der Waals surface area contributed by atoms with Gasteiger partial charge in [-0.05, 0) is 53.8 Å². The van der Waals surface area contributed by atoms with Gasteiger partial charge >= 0.3 is 0 Å². The van der Waals surface area contributed by atoms with E-state index in [1.165, 1.54) is 9.13 Å². The number of halogens is 1. The summed E-state index contributed by atoms with van der Waals surface area (Å²) < 4.78 is 7.03. The molecule has 0 bridgehead atoms. The normalized spacial score (nSPS) is 10.6. The van der Waals surface area contributed by atoms with Crippen molar-refractivity contribution in [3.8, 4) is 22.8 Å². The lowest BCUT2D eigenvalue weighted by molar-refractivity contribution is 0.589. The van der Waals surface area contributed by atoms with Crippen molar-refractivity contribution in [3.05, 3.63) is 63.9 Å². The number of hydrogen-bond acceptors (Lipinski definition) is 2. The third-order valence-electron chi connectivity index (χ3n) is 2.93. The summed E-state index contributed by atoms with van der Waals surface area (Å²) >= 11 is 2.29. The minimum Gasteiger partial charge on any atom is -0.436 e. The second kappa shape index (κ2) is 5.17. The van der Waals surface area contributed by atoms with Crippen LogP contribution in [0.1, 0.15) is 5.56 Å². The van der Waals surface area contributed by atoms with E-state index >= 15 is 0 Å². The molecule has 3 rings (SSSR count). The lowest BCUT2D eigenvalue weighted by atomic mass is 10.1. The number of benzene rings is 2. The lowest BCUT2D eigenvalue weighted by Gasteiger charge is -1.98. The Morgan fingerprint density at radius 2 is 1.53 bits per heavy atom. The second-order valence-corrected chi connectivity index (χ2v) is 5.65. The Morgan fingerprint density at radius 3 is 2.21 bits per heavy atom. The van der Waals surface area contributed by atoms with E-state index < -0.39 is 0 Å². The number of oxazole rings is 1. The van der Waals surface area contributed by atoms with Crippen molar-refractivity contribution in [2.24, 2.45) is 0 Å². The SMILES string of the molecule is Cc1ccc(-c2ncc(-c3ccc(I)cc3)o2)cc1. The van der Waals surface area contributed by atoms with Crippen molar-refractivity contribution in [1.82, 2.24) is 4.98 Å². The minimum atomic E-state index is 0.661. The van der Waals surface area contributed by atoms with Gasteiger partial charge in [0.05, 0.1) is 6.20 Å². The first-order chi connectivity index (χ1) is 9.22. The number of rotatable bonds is 2. The van der Waals surface area contributed by atoms with Gasteiger partial charge in [0.25, 0.3) is 0 Å². The molecule has 0 spiro atoms. The highest BCUT2D eigenvalue weighted by molar-refractivity contribution is 14.1. The molecule has 0 amide bonds. The van der Waals surface area contributed by atoms with Gasteiger partial charge in [-0.2, -0.15) is 0 Å². The highest BCUT2D eigenvalue weighted by Crippen LogP contribution is 2.26. The Bertz CT molecular complexity index is 624. The van der Waals surface area contributed by atoms with Crippen LogP contribution in [0, 0.1) is 10.5 Å². The number of hydrogen-bond donors (Lipinski definition) is 0. The highest BCUT2D eigenvalue weighted by Gasteiger charge is 2.08. The molecular formula is C16H12INO. The van der Waals surface area contributed by atoms with Crippen LogP contribution in [0.3, 0.4) is 0 Å². The fourth-order valence-corrected chi connectivity index (χ4v) is 2.21. The first-order valence-corrected chi connectivity index (χ1v) is 7.09. The summed E-state index contributed by atoms with van der Waals surface area (Å²) in [5.74, 6) is 1.46. The van der Waals surface area contributed by atoms with Crippen molar-refractivity contribution in [2.75, 3.05) is 0 Å². The Balaban J connectivity index is 1.95. The molecule has 2 aromatic carbocycles. The molecule has 3 heteroatoms. The fraction of sp³-hybridized carbons (Fsp3) is 0.0625. The summed E-state index contributed by atoms with van der Waals surface area (Å²) in [4.78, 5) is 4.35. The molecule has 1 heterocycles. The van der Waals surface area contributed by atoms with Gasteiger partial charge in [-0.1, -0.05) is 29.8 Å². The monoisotopic (exact) mass is 361 g/mol. The average Bonchev–Trinajstić information content (AvgIpc) is 2.90. The van der Waals surface area contributed by atoms with Crippen LogP contribution in [0.25, 0.3) is 22.8 Å². The van der Waals surface area contributed by atoms with Gasteiger partial charge < -0.3 is 4.42 Å². The Labute approximate surface area is 125 Å². The van der Waals surface area contributed by atoms with Crippen molar-refractivity contribution in [1.29, 1.82) is 0 Å². The summed E-state index contributed by atoms with van der Waals surface area (Å²) in [6.45, 7) is 2.07. The van der Waals surface area contributed by atoms with E-state index in [9.17, 15) is 0 Å². The van der Waals surface area contributed by atoms with E-state index in [0.717, 1.165) is 16.9 Å². The maximum Gasteiger partial charge on any atom is 0.226 e. The average molecular weight is 361 g/mol. The van der Waals surface area contributed by atoms with Crippen molar-refractivity contribution in [3.63, 3.8) is 0 Å². The molecule has 0 unspecified atom stereocenters. The van der Waals surface area contributed by atoms with Crippen LogP contribution in [0.2, 0.25) is 0 Å². The van der Waals surface area contributed by atoms with E-state index in [4.69, 9.17) is 4.42 Å². The summed E-state index contributed by atoms with van der Waals surface area (Å²) in [5.41, 5.74) is 3.28. The largest absolute Gasteiger partial charge is 0.436 e. The second-order valence-electron chi connectivity index (χ2n) is 4.40. The lowest BCUT2D eigenvalue weighted by Crippen LogP contribution is -1.77. The van der Waals surface area contributed by atoms with E-state index in [-0.39, 0.29) is 0 Å². The van der Waals surface area contributed by atoms with E-state index in [0.29, 0.717) is 5.89 Å². The molecule has 0 radical (unpaired) electrons. The molecule has 3 aromatic rings. The van der Waals surface area contributed by atoms with Crippen LogP contribution in [0.5, 0.6) is 0 Å². The molecule has 0 saturated carbocycles. The summed E-state index contributed by atoms with van der Waals surface area (Å²) in [7, 11) is 0. The van der Waals surface area contributed by atoms with Gasteiger partial charge in [0, 0.05) is 14.7 Å². The van der Waals surface area contributed by atoms with Crippen LogP contribution in [0.15, 0.2) is 59.1 Å². The predicted octanol–water partition coefficient (Wildman–Crippen LogP) is 4.92. The van der Waals surface area contributed by atoms with Crippen LogP contribution in [-0.4, -0.2) is 4.98 Å². The summed E-state index contributed by atoms with van der Waals surface area (Å²) in [5, 5.41) is 0. The van der Waals surface area contributed by atoms with Crippen LogP contribution < -0.4 is 0 Å². The van der Waals surface area contributed by atoms with E-state index in [2.05, 4.69) is 58.8 Å². The van der Waals surface area contributed by atoms with Gasteiger partial charge in [-0.15, -0.1) is 0 Å². The van der Waals surface area contributed by atoms with Gasteiger partial charge in [0.15, 0.2) is 5.76 Å². The number of aryl methyl sites for hydroxylation is 1. The maximum atomic E-state index is 5.82. The molecule has 1 aromatic heterocycles.